The number of carbonyl (C=O) groups excluding carboxylic acids is 2. The van der Waals surface area contributed by atoms with E-state index in [9.17, 15) is 14.0 Å². The van der Waals surface area contributed by atoms with Gasteiger partial charge in [-0.25, -0.2) is 9.37 Å². The highest BCUT2D eigenvalue weighted by Gasteiger charge is 2.17. The van der Waals surface area contributed by atoms with Crippen LogP contribution in [0.4, 0.5) is 20.9 Å². The first-order valence-corrected chi connectivity index (χ1v) is 10.4. The van der Waals surface area contributed by atoms with Crippen LogP contribution in [-0.2, 0) is 0 Å². The quantitative estimate of drug-likeness (QED) is 0.344. The fourth-order valence-electron chi connectivity index (χ4n) is 2.84. The average Bonchev–Trinajstić information content (AvgIpc) is 3.25. The van der Waals surface area contributed by atoms with E-state index in [4.69, 9.17) is 11.6 Å². The van der Waals surface area contributed by atoms with Gasteiger partial charge in [0, 0.05) is 11.1 Å². The molecular formula is C23H15ClFN3O2S. The van der Waals surface area contributed by atoms with E-state index in [0.29, 0.717) is 26.2 Å². The highest BCUT2D eigenvalue weighted by atomic mass is 35.5. The molecule has 4 aromatic rings. The molecule has 0 unspecified atom stereocenters. The molecule has 0 aliphatic heterocycles. The zero-order chi connectivity index (χ0) is 21.8. The third kappa shape index (κ3) is 4.63. The van der Waals surface area contributed by atoms with Gasteiger partial charge < -0.3 is 10.6 Å². The summed E-state index contributed by atoms with van der Waals surface area (Å²) in [6.07, 6.45) is 1.41. The van der Waals surface area contributed by atoms with Gasteiger partial charge in [-0.2, -0.15) is 0 Å². The third-order valence-electron chi connectivity index (χ3n) is 4.37. The standard InChI is InChI=1S/C23H15ClFN3O2S/c24-16-10-5-4-9-15(16)21(29)19-13-26-23(31-19)28-18-12-6-11-17(20(18)25)27-22(30)14-7-2-1-3-8-14/h1-13H,(H,26,28)(H,27,30). The van der Waals surface area contributed by atoms with Crippen LogP contribution in [0.3, 0.4) is 0 Å². The molecule has 3 aromatic carbocycles. The molecule has 1 amide bonds. The van der Waals surface area contributed by atoms with Crippen LogP contribution in [0.15, 0.2) is 79.0 Å². The number of nitrogens with one attached hydrogen (secondary N) is 2. The number of carbonyl (C=O) groups is 2. The van der Waals surface area contributed by atoms with Crippen molar-refractivity contribution in [2.24, 2.45) is 0 Å². The number of rotatable bonds is 6. The smallest absolute Gasteiger partial charge is 0.255 e. The molecule has 0 aliphatic carbocycles. The molecule has 0 saturated heterocycles. The zero-order valence-corrected chi connectivity index (χ0v) is 17.5. The molecule has 5 nitrogen and oxygen atoms in total. The minimum Gasteiger partial charge on any atom is -0.329 e. The number of anilines is 3. The predicted octanol–water partition coefficient (Wildman–Crippen LogP) is 6.16. The van der Waals surface area contributed by atoms with E-state index in [2.05, 4.69) is 15.6 Å². The van der Waals surface area contributed by atoms with Crippen LogP contribution < -0.4 is 10.6 Å². The lowest BCUT2D eigenvalue weighted by atomic mass is 10.1. The maximum atomic E-state index is 14.9. The summed E-state index contributed by atoms with van der Waals surface area (Å²) in [5.74, 6) is -1.32. The Balaban J connectivity index is 1.52. The lowest BCUT2D eigenvalue weighted by Gasteiger charge is -2.10. The number of hydrogen-bond donors (Lipinski definition) is 2. The maximum Gasteiger partial charge on any atom is 0.255 e. The van der Waals surface area contributed by atoms with Crippen LogP contribution in [0.5, 0.6) is 0 Å². The van der Waals surface area contributed by atoms with Crippen molar-refractivity contribution < 1.29 is 14.0 Å². The first kappa shape index (κ1) is 20.7. The fraction of sp³-hybridized carbons (Fsp3) is 0. The summed E-state index contributed by atoms with van der Waals surface area (Å²) in [5, 5.41) is 6.11. The normalized spacial score (nSPS) is 10.5. The van der Waals surface area contributed by atoms with Gasteiger partial charge in [0.1, 0.15) is 0 Å². The summed E-state index contributed by atoms with van der Waals surface area (Å²) in [4.78, 5) is 29.5. The topological polar surface area (TPSA) is 71.1 Å². The van der Waals surface area contributed by atoms with Crippen molar-refractivity contribution in [3.63, 3.8) is 0 Å². The van der Waals surface area contributed by atoms with E-state index in [1.807, 2.05) is 0 Å². The second-order valence-electron chi connectivity index (χ2n) is 6.45. The van der Waals surface area contributed by atoms with Crippen molar-refractivity contribution in [2.75, 3.05) is 10.6 Å². The largest absolute Gasteiger partial charge is 0.329 e. The van der Waals surface area contributed by atoms with Gasteiger partial charge >= 0.3 is 0 Å². The Morgan fingerprint density at radius 1 is 0.903 bits per heavy atom. The monoisotopic (exact) mass is 451 g/mol. The fourth-order valence-corrected chi connectivity index (χ4v) is 3.84. The van der Waals surface area contributed by atoms with E-state index in [1.54, 1.807) is 60.7 Å². The number of aromatic nitrogens is 1. The molecule has 154 valence electrons. The molecule has 0 spiro atoms. The first-order valence-electron chi connectivity index (χ1n) is 9.20. The van der Waals surface area contributed by atoms with Crippen LogP contribution in [0.2, 0.25) is 5.02 Å². The van der Waals surface area contributed by atoms with Gasteiger partial charge in [-0.05, 0) is 36.4 Å². The van der Waals surface area contributed by atoms with Gasteiger partial charge in [0.05, 0.1) is 27.5 Å². The van der Waals surface area contributed by atoms with E-state index >= 15 is 0 Å². The van der Waals surface area contributed by atoms with Crippen LogP contribution in [-0.4, -0.2) is 16.7 Å². The van der Waals surface area contributed by atoms with Crippen molar-refractivity contribution in [1.82, 2.24) is 4.98 Å². The number of halogens is 2. The van der Waals surface area contributed by atoms with Crippen LogP contribution in [0, 0.1) is 5.82 Å². The van der Waals surface area contributed by atoms with Gasteiger partial charge in [0.25, 0.3) is 5.91 Å². The van der Waals surface area contributed by atoms with Crippen LogP contribution in [0.25, 0.3) is 0 Å². The van der Waals surface area contributed by atoms with Gasteiger partial charge in [0.2, 0.25) is 5.78 Å². The van der Waals surface area contributed by atoms with Gasteiger partial charge in [-0.3, -0.25) is 9.59 Å². The lowest BCUT2D eigenvalue weighted by molar-refractivity contribution is 0.102. The minimum absolute atomic E-state index is 0.0303. The molecule has 0 aliphatic rings. The van der Waals surface area contributed by atoms with E-state index < -0.39 is 11.7 Å². The highest BCUT2D eigenvalue weighted by Crippen LogP contribution is 2.30. The van der Waals surface area contributed by atoms with Gasteiger partial charge in [-0.1, -0.05) is 59.3 Å². The van der Waals surface area contributed by atoms with Crippen LogP contribution in [0.1, 0.15) is 25.6 Å². The van der Waals surface area contributed by atoms with E-state index in [0.717, 1.165) is 11.3 Å². The number of amides is 1. The summed E-state index contributed by atoms with van der Waals surface area (Å²) in [6, 6.07) is 19.9. The number of ketones is 1. The summed E-state index contributed by atoms with van der Waals surface area (Å²) in [5.41, 5.74) is 0.943. The summed E-state index contributed by atoms with van der Waals surface area (Å²) in [7, 11) is 0. The summed E-state index contributed by atoms with van der Waals surface area (Å²) < 4.78 is 14.9. The Bertz CT molecular complexity index is 1260. The van der Waals surface area contributed by atoms with Crippen molar-refractivity contribution in [2.45, 2.75) is 0 Å². The molecule has 0 atom stereocenters. The molecule has 31 heavy (non-hydrogen) atoms. The van der Waals surface area contributed by atoms with Crippen molar-refractivity contribution in [3.05, 3.63) is 106 Å². The third-order valence-corrected chi connectivity index (χ3v) is 5.61. The molecule has 4 rings (SSSR count). The van der Waals surface area contributed by atoms with Crippen LogP contribution >= 0.6 is 22.9 Å². The number of hydrogen-bond acceptors (Lipinski definition) is 5. The Kier molecular flexibility index (Phi) is 6.06. The number of thiazole rings is 1. The molecule has 0 saturated carbocycles. The number of benzene rings is 3. The predicted molar refractivity (Wildman–Crippen MR) is 121 cm³/mol. The second kappa shape index (κ2) is 9.07. The Morgan fingerprint density at radius 2 is 1.61 bits per heavy atom. The maximum absolute atomic E-state index is 14.9. The molecule has 0 radical (unpaired) electrons. The molecular weight excluding hydrogens is 437 g/mol. The zero-order valence-electron chi connectivity index (χ0n) is 15.9. The summed E-state index contributed by atoms with van der Waals surface area (Å²) in [6.45, 7) is 0. The molecule has 0 fully saturated rings. The van der Waals surface area contributed by atoms with E-state index in [1.165, 1.54) is 18.3 Å². The molecule has 8 heteroatoms. The minimum atomic E-state index is -0.638. The second-order valence-corrected chi connectivity index (χ2v) is 7.89. The van der Waals surface area contributed by atoms with Crippen molar-refractivity contribution in [3.8, 4) is 0 Å². The number of nitrogens with zero attached hydrogens (tertiary/aromatic N) is 1. The highest BCUT2D eigenvalue weighted by molar-refractivity contribution is 7.17. The Hall–Kier alpha value is -3.55. The molecule has 1 aromatic heterocycles. The van der Waals surface area contributed by atoms with E-state index in [-0.39, 0.29) is 17.2 Å². The Labute approximate surface area is 186 Å². The van der Waals surface area contributed by atoms with Gasteiger partial charge in [0.15, 0.2) is 10.9 Å². The molecule has 2 N–H and O–H groups in total. The SMILES string of the molecule is O=C(Nc1cccc(Nc2ncc(C(=O)c3ccccc3Cl)s2)c1F)c1ccccc1. The first-order chi connectivity index (χ1) is 15.0. The Morgan fingerprint density at radius 3 is 2.39 bits per heavy atom. The average molecular weight is 452 g/mol. The van der Waals surface area contributed by atoms with Crippen molar-refractivity contribution >= 4 is 51.1 Å². The molecule has 1 heterocycles. The molecule has 0 bridgehead atoms. The lowest BCUT2D eigenvalue weighted by Crippen LogP contribution is -2.13. The van der Waals surface area contributed by atoms with Crippen molar-refractivity contribution in [1.29, 1.82) is 0 Å². The summed E-state index contributed by atoms with van der Waals surface area (Å²) >= 11 is 7.17. The van der Waals surface area contributed by atoms with Gasteiger partial charge in [-0.15, -0.1) is 0 Å².